The highest BCUT2D eigenvalue weighted by molar-refractivity contribution is 8.00. The summed E-state index contributed by atoms with van der Waals surface area (Å²) in [5, 5.41) is 12.5. The lowest BCUT2D eigenvalue weighted by Gasteiger charge is -2.31. The van der Waals surface area contributed by atoms with Gasteiger partial charge in [0.05, 0.1) is 11.4 Å². The van der Waals surface area contributed by atoms with Crippen molar-refractivity contribution in [3.63, 3.8) is 0 Å². The first-order valence-corrected chi connectivity index (χ1v) is 8.01. The van der Waals surface area contributed by atoms with Crippen molar-refractivity contribution >= 4 is 23.6 Å². The number of amides is 1. The highest BCUT2D eigenvalue weighted by Crippen LogP contribution is 2.34. The van der Waals surface area contributed by atoms with Crippen LogP contribution in [0.25, 0.3) is 0 Å². The minimum Gasteiger partial charge on any atom is -0.480 e. The Morgan fingerprint density at radius 2 is 2.21 bits per heavy atom. The van der Waals surface area contributed by atoms with Gasteiger partial charge in [0.25, 0.3) is 0 Å². The summed E-state index contributed by atoms with van der Waals surface area (Å²) >= 11 is 1.60. The van der Waals surface area contributed by atoms with E-state index in [0.717, 1.165) is 25.8 Å². The molecule has 0 aromatic carbocycles. The minimum atomic E-state index is -0.884. The van der Waals surface area contributed by atoms with Gasteiger partial charge in [-0.3, -0.25) is 4.79 Å². The number of rotatable bonds is 4. The third-order valence-corrected chi connectivity index (χ3v) is 5.32. The molecule has 0 aliphatic carbocycles. The van der Waals surface area contributed by atoms with Gasteiger partial charge in [-0.25, -0.2) is 4.79 Å². The minimum absolute atomic E-state index is 0.0215. The second-order valence-electron chi connectivity index (χ2n) is 5.37. The van der Waals surface area contributed by atoms with E-state index in [4.69, 9.17) is 0 Å². The van der Waals surface area contributed by atoms with Crippen LogP contribution in [0.15, 0.2) is 0 Å². The van der Waals surface area contributed by atoms with Gasteiger partial charge in [0.2, 0.25) is 5.91 Å². The zero-order chi connectivity index (χ0) is 14.0. The Morgan fingerprint density at radius 1 is 1.47 bits per heavy atom. The molecule has 0 aromatic heterocycles. The number of carboxylic acid groups (broad SMARTS) is 1. The van der Waals surface area contributed by atoms with Crippen molar-refractivity contribution in [1.82, 2.24) is 10.2 Å². The SMILES string of the molecule is CCCC1SCC(C(=O)O)N1C(=O)C1NCCC1C. The maximum atomic E-state index is 12.6. The van der Waals surface area contributed by atoms with Gasteiger partial charge in [0.1, 0.15) is 6.04 Å². The molecule has 0 spiro atoms. The van der Waals surface area contributed by atoms with E-state index < -0.39 is 12.0 Å². The number of thioether (sulfide) groups is 1. The van der Waals surface area contributed by atoms with Gasteiger partial charge in [-0.1, -0.05) is 20.3 Å². The molecule has 1 amide bonds. The first kappa shape index (κ1) is 14.7. The average molecular weight is 286 g/mol. The second kappa shape index (κ2) is 6.13. The topological polar surface area (TPSA) is 69.6 Å². The second-order valence-corrected chi connectivity index (χ2v) is 6.58. The number of carbonyl (C=O) groups excluding carboxylic acids is 1. The Hall–Kier alpha value is -0.750. The van der Waals surface area contributed by atoms with E-state index in [2.05, 4.69) is 19.2 Å². The molecule has 2 fully saturated rings. The Labute approximate surface area is 118 Å². The summed E-state index contributed by atoms with van der Waals surface area (Å²) in [6, 6.07) is -0.872. The molecule has 4 atom stereocenters. The van der Waals surface area contributed by atoms with Gasteiger partial charge >= 0.3 is 5.97 Å². The van der Waals surface area contributed by atoms with Crippen molar-refractivity contribution < 1.29 is 14.7 Å². The van der Waals surface area contributed by atoms with E-state index in [0.29, 0.717) is 5.75 Å². The molecule has 108 valence electrons. The van der Waals surface area contributed by atoms with Gasteiger partial charge in [0.15, 0.2) is 0 Å². The molecule has 2 rings (SSSR count). The molecule has 0 aromatic rings. The lowest BCUT2D eigenvalue weighted by molar-refractivity contribution is -0.150. The number of carbonyl (C=O) groups is 2. The number of nitrogens with one attached hydrogen (secondary N) is 1. The summed E-state index contributed by atoms with van der Waals surface area (Å²) in [6.07, 6.45) is 2.80. The van der Waals surface area contributed by atoms with Crippen LogP contribution in [0.4, 0.5) is 0 Å². The first-order valence-electron chi connectivity index (χ1n) is 6.96. The fraction of sp³-hybridized carbons (Fsp3) is 0.846. The summed E-state index contributed by atoms with van der Waals surface area (Å²) in [5.74, 6) is -0.117. The van der Waals surface area contributed by atoms with Gasteiger partial charge in [0, 0.05) is 5.75 Å². The lowest BCUT2D eigenvalue weighted by Crippen LogP contribution is -2.53. The summed E-state index contributed by atoms with van der Waals surface area (Å²) < 4.78 is 0. The van der Waals surface area contributed by atoms with Gasteiger partial charge in [-0.15, -0.1) is 11.8 Å². The van der Waals surface area contributed by atoms with Crippen LogP contribution in [0.2, 0.25) is 0 Å². The lowest BCUT2D eigenvalue weighted by atomic mass is 10.0. The summed E-state index contributed by atoms with van der Waals surface area (Å²) in [4.78, 5) is 25.6. The quantitative estimate of drug-likeness (QED) is 0.811. The van der Waals surface area contributed by atoms with Crippen molar-refractivity contribution in [2.24, 2.45) is 5.92 Å². The average Bonchev–Trinajstić information content (AvgIpc) is 2.95. The van der Waals surface area contributed by atoms with Crippen LogP contribution in [0.1, 0.15) is 33.1 Å². The molecule has 2 saturated heterocycles. The maximum Gasteiger partial charge on any atom is 0.327 e. The first-order chi connectivity index (χ1) is 9.06. The van der Waals surface area contributed by atoms with Crippen molar-refractivity contribution in [2.75, 3.05) is 12.3 Å². The molecule has 2 heterocycles. The van der Waals surface area contributed by atoms with E-state index in [-0.39, 0.29) is 23.2 Å². The molecular weight excluding hydrogens is 264 g/mol. The summed E-state index contributed by atoms with van der Waals surface area (Å²) in [6.45, 7) is 4.96. The zero-order valence-corrected chi connectivity index (χ0v) is 12.3. The monoisotopic (exact) mass is 286 g/mol. The number of nitrogens with zero attached hydrogens (tertiary/aromatic N) is 1. The van der Waals surface area contributed by atoms with Crippen LogP contribution in [-0.4, -0.2) is 51.6 Å². The highest BCUT2D eigenvalue weighted by Gasteiger charge is 2.45. The van der Waals surface area contributed by atoms with Crippen LogP contribution in [0, 0.1) is 5.92 Å². The van der Waals surface area contributed by atoms with Gasteiger partial charge in [-0.05, 0) is 25.3 Å². The molecule has 2 N–H and O–H groups in total. The molecule has 0 saturated carbocycles. The molecule has 5 nitrogen and oxygen atoms in total. The molecule has 4 unspecified atom stereocenters. The number of hydrogen-bond acceptors (Lipinski definition) is 4. The molecule has 19 heavy (non-hydrogen) atoms. The fourth-order valence-corrected chi connectivity index (χ4v) is 4.37. The predicted octanol–water partition coefficient (Wildman–Crippen LogP) is 1.14. The Morgan fingerprint density at radius 3 is 2.74 bits per heavy atom. The largest absolute Gasteiger partial charge is 0.480 e. The number of aliphatic carboxylic acids is 1. The van der Waals surface area contributed by atoms with E-state index >= 15 is 0 Å². The normalized spacial score (nSPS) is 34.7. The van der Waals surface area contributed by atoms with E-state index in [9.17, 15) is 14.7 Å². The highest BCUT2D eigenvalue weighted by atomic mass is 32.2. The van der Waals surface area contributed by atoms with Gasteiger partial charge in [-0.2, -0.15) is 0 Å². The van der Waals surface area contributed by atoms with Crippen LogP contribution in [-0.2, 0) is 9.59 Å². The molecule has 2 aliphatic rings. The zero-order valence-electron chi connectivity index (χ0n) is 11.5. The van der Waals surface area contributed by atoms with E-state index in [1.807, 2.05) is 0 Å². The predicted molar refractivity (Wildman–Crippen MR) is 75.0 cm³/mol. The van der Waals surface area contributed by atoms with Crippen LogP contribution >= 0.6 is 11.8 Å². The standard InChI is InChI=1S/C13H22N2O3S/c1-3-4-10-15(9(7-19-10)13(17)18)12(16)11-8(2)5-6-14-11/h8-11,14H,3-7H2,1-2H3,(H,17,18). The van der Waals surface area contributed by atoms with Crippen LogP contribution in [0.3, 0.4) is 0 Å². The molecule has 6 heteroatoms. The molecule has 0 bridgehead atoms. The Balaban J connectivity index is 2.15. The van der Waals surface area contributed by atoms with E-state index in [1.54, 1.807) is 16.7 Å². The summed E-state index contributed by atoms with van der Waals surface area (Å²) in [7, 11) is 0. The van der Waals surface area contributed by atoms with Crippen LogP contribution < -0.4 is 5.32 Å². The third kappa shape index (κ3) is 2.89. The smallest absolute Gasteiger partial charge is 0.327 e. The van der Waals surface area contributed by atoms with Crippen molar-refractivity contribution in [3.8, 4) is 0 Å². The van der Waals surface area contributed by atoms with Crippen molar-refractivity contribution in [3.05, 3.63) is 0 Å². The van der Waals surface area contributed by atoms with Gasteiger partial charge < -0.3 is 15.3 Å². The molecule has 0 radical (unpaired) electrons. The summed E-state index contributed by atoms with van der Waals surface area (Å²) in [5.41, 5.74) is 0. The molecular formula is C13H22N2O3S. The van der Waals surface area contributed by atoms with Crippen LogP contribution in [0.5, 0.6) is 0 Å². The fourth-order valence-electron chi connectivity index (χ4n) is 2.84. The third-order valence-electron chi connectivity index (χ3n) is 3.97. The van der Waals surface area contributed by atoms with E-state index in [1.165, 1.54) is 0 Å². The maximum absolute atomic E-state index is 12.6. The number of carboxylic acids is 1. The Kier molecular flexibility index (Phi) is 4.73. The molecule has 2 aliphatic heterocycles. The van der Waals surface area contributed by atoms with Crippen molar-refractivity contribution in [1.29, 1.82) is 0 Å². The Bertz CT molecular complexity index is 364. The number of hydrogen-bond donors (Lipinski definition) is 2. The van der Waals surface area contributed by atoms with Crippen molar-refractivity contribution in [2.45, 2.75) is 50.6 Å².